The molecule has 1 heterocycles. The molecule has 0 saturated heterocycles. The smallest absolute Gasteiger partial charge is 0.144 e. The summed E-state index contributed by atoms with van der Waals surface area (Å²) in [6.45, 7) is 2.52. The summed E-state index contributed by atoms with van der Waals surface area (Å²) in [5.41, 5.74) is 8.88. The van der Waals surface area contributed by atoms with Crippen molar-refractivity contribution in [2.45, 2.75) is 13.5 Å². The number of benzene rings is 1. The molecule has 0 aliphatic heterocycles. The number of anilines is 2. The van der Waals surface area contributed by atoms with Crippen molar-refractivity contribution >= 4 is 27.4 Å². The lowest BCUT2D eigenvalue weighted by Crippen LogP contribution is -2.03. The van der Waals surface area contributed by atoms with Gasteiger partial charge in [0.15, 0.2) is 0 Å². The van der Waals surface area contributed by atoms with E-state index in [0.717, 1.165) is 27.1 Å². The second-order valence-corrected chi connectivity index (χ2v) is 4.68. The van der Waals surface area contributed by atoms with E-state index in [9.17, 15) is 0 Å². The highest BCUT2D eigenvalue weighted by atomic mass is 79.9. The topological polar surface area (TPSA) is 50.9 Å². The molecule has 0 radical (unpaired) electrons. The Morgan fingerprint density at radius 1 is 1.35 bits per heavy atom. The van der Waals surface area contributed by atoms with Crippen LogP contribution in [-0.4, -0.2) is 4.98 Å². The highest BCUT2D eigenvalue weighted by molar-refractivity contribution is 9.10. The van der Waals surface area contributed by atoms with Crippen LogP contribution in [0.5, 0.6) is 0 Å². The number of aryl methyl sites for hydroxylation is 1. The molecule has 0 aliphatic carbocycles. The molecule has 0 amide bonds. The zero-order valence-electron chi connectivity index (χ0n) is 9.57. The van der Waals surface area contributed by atoms with Crippen LogP contribution in [0, 0.1) is 6.92 Å². The third-order valence-electron chi connectivity index (χ3n) is 2.47. The Labute approximate surface area is 109 Å². The van der Waals surface area contributed by atoms with Gasteiger partial charge in [0.25, 0.3) is 0 Å². The molecule has 0 saturated carbocycles. The predicted octanol–water partition coefficient (Wildman–Crippen LogP) is 3.35. The summed E-state index contributed by atoms with van der Waals surface area (Å²) in [6.07, 6.45) is 1.83. The zero-order valence-corrected chi connectivity index (χ0v) is 11.2. The Balaban J connectivity index is 2.31. The summed E-state index contributed by atoms with van der Waals surface area (Å²) >= 11 is 3.49. The number of hydrogen-bond acceptors (Lipinski definition) is 3. The fraction of sp³-hybridized carbons (Fsp3) is 0.154. The first kappa shape index (κ1) is 12.1. The van der Waals surface area contributed by atoms with Crippen molar-refractivity contribution in [3.05, 3.63) is 52.1 Å². The second-order valence-electron chi connectivity index (χ2n) is 3.83. The van der Waals surface area contributed by atoms with Crippen LogP contribution in [0.1, 0.15) is 11.1 Å². The summed E-state index contributed by atoms with van der Waals surface area (Å²) in [5.74, 6) is 0.802. The molecule has 0 bridgehead atoms. The van der Waals surface area contributed by atoms with Crippen LogP contribution in [0.25, 0.3) is 0 Å². The van der Waals surface area contributed by atoms with E-state index >= 15 is 0 Å². The lowest BCUT2D eigenvalue weighted by Gasteiger charge is -2.11. The zero-order chi connectivity index (χ0) is 12.3. The second kappa shape index (κ2) is 5.29. The molecular weight excluding hydrogens is 278 g/mol. The first-order valence-electron chi connectivity index (χ1n) is 5.38. The molecule has 1 aromatic heterocycles. The molecule has 0 spiro atoms. The predicted molar refractivity (Wildman–Crippen MR) is 74.3 cm³/mol. The van der Waals surface area contributed by atoms with E-state index in [1.165, 1.54) is 0 Å². The van der Waals surface area contributed by atoms with Gasteiger partial charge in [-0.2, -0.15) is 0 Å². The van der Waals surface area contributed by atoms with Crippen molar-refractivity contribution < 1.29 is 0 Å². The maximum Gasteiger partial charge on any atom is 0.144 e. The van der Waals surface area contributed by atoms with E-state index < -0.39 is 0 Å². The number of rotatable bonds is 3. The van der Waals surface area contributed by atoms with Gasteiger partial charge >= 0.3 is 0 Å². The number of hydrogen-bond donors (Lipinski definition) is 2. The molecule has 0 unspecified atom stereocenters. The van der Waals surface area contributed by atoms with E-state index in [0.29, 0.717) is 6.54 Å². The van der Waals surface area contributed by atoms with Crippen molar-refractivity contribution in [1.82, 2.24) is 4.98 Å². The number of pyridine rings is 1. The summed E-state index contributed by atoms with van der Waals surface area (Å²) in [6, 6.07) is 9.98. The fourth-order valence-electron chi connectivity index (χ4n) is 1.57. The van der Waals surface area contributed by atoms with Crippen molar-refractivity contribution in [3.8, 4) is 0 Å². The van der Waals surface area contributed by atoms with Crippen LogP contribution in [0.15, 0.2) is 41.0 Å². The maximum atomic E-state index is 5.69. The molecular formula is C13H14BrN3. The summed E-state index contributed by atoms with van der Waals surface area (Å²) in [7, 11) is 0. The van der Waals surface area contributed by atoms with Crippen LogP contribution in [0.3, 0.4) is 0 Å². The number of nitrogens with one attached hydrogen (secondary N) is 1. The number of halogens is 1. The Kier molecular flexibility index (Phi) is 3.76. The number of nitrogens with zero attached hydrogens (tertiary/aromatic N) is 1. The van der Waals surface area contributed by atoms with Gasteiger partial charge in [-0.25, -0.2) is 4.98 Å². The van der Waals surface area contributed by atoms with Crippen molar-refractivity contribution in [3.63, 3.8) is 0 Å². The van der Waals surface area contributed by atoms with Gasteiger partial charge in [0.05, 0.1) is 4.47 Å². The first-order valence-corrected chi connectivity index (χ1v) is 6.17. The Morgan fingerprint density at radius 2 is 2.12 bits per heavy atom. The van der Waals surface area contributed by atoms with Gasteiger partial charge in [0, 0.05) is 18.4 Å². The van der Waals surface area contributed by atoms with Crippen LogP contribution >= 0.6 is 15.9 Å². The fourth-order valence-corrected chi connectivity index (χ4v) is 2.14. The Morgan fingerprint density at radius 3 is 2.82 bits per heavy atom. The summed E-state index contributed by atoms with van der Waals surface area (Å²) in [4.78, 5) is 4.35. The average Bonchev–Trinajstić information content (AvgIpc) is 2.33. The van der Waals surface area contributed by atoms with E-state index in [-0.39, 0.29) is 0 Å². The maximum absolute atomic E-state index is 5.69. The molecule has 0 atom stereocenters. The SMILES string of the molecule is Cc1cnc(Nc2ccccc2CN)c(Br)c1. The lowest BCUT2D eigenvalue weighted by molar-refractivity contribution is 1.07. The molecule has 0 aliphatic rings. The molecule has 4 heteroatoms. The molecule has 3 nitrogen and oxygen atoms in total. The minimum absolute atomic E-state index is 0.507. The number of nitrogens with two attached hydrogens (primary N) is 1. The van der Waals surface area contributed by atoms with Gasteiger partial charge in [0.1, 0.15) is 5.82 Å². The molecule has 1 aromatic carbocycles. The summed E-state index contributed by atoms with van der Waals surface area (Å²) in [5, 5.41) is 3.28. The molecule has 17 heavy (non-hydrogen) atoms. The van der Waals surface area contributed by atoms with Gasteiger partial charge in [-0.3, -0.25) is 0 Å². The molecule has 0 fully saturated rings. The van der Waals surface area contributed by atoms with Gasteiger partial charge in [-0.15, -0.1) is 0 Å². The minimum Gasteiger partial charge on any atom is -0.339 e. The van der Waals surface area contributed by atoms with E-state index in [2.05, 4.69) is 26.2 Å². The quantitative estimate of drug-likeness (QED) is 0.912. The molecule has 88 valence electrons. The van der Waals surface area contributed by atoms with Gasteiger partial charge in [0.2, 0.25) is 0 Å². The van der Waals surface area contributed by atoms with E-state index in [1.807, 2.05) is 43.5 Å². The highest BCUT2D eigenvalue weighted by Gasteiger charge is 2.04. The minimum atomic E-state index is 0.507. The summed E-state index contributed by atoms with van der Waals surface area (Å²) < 4.78 is 0.948. The number of para-hydroxylation sites is 1. The van der Waals surface area contributed by atoms with Crippen LogP contribution < -0.4 is 11.1 Å². The molecule has 2 rings (SSSR count). The normalized spacial score (nSPS) is 10.3. The van der Waals surface area contributed by atoms with Gasteiger partial charge in [-0.1, -0.05) is 18.2 Å². The van der Waals surface area contributed by atoms with E-state index in [1.54, 1.807) is 0 Å². The van der Waals surface area contributed by atoms with Gasteiger partial charge < -0.3 is 11.1 Å². The average molecular weight is 292 g/mol. The monoisotopic (exact) mass is 291 g/mol. The lowest BCUT2D eigenvalue weighted by atomic mass is 10.2. The van der Waals surface area contributed by atoms with Crippen LogP contribution in [0.4, 0.5) is 11.5 Å². The van der Waals surface area contributed by atoms with Gasteiger partial charge in [-0.05, 0) is 46.1 Å². The Hall–Kier alpha value is -1.39. The Bertz CT molecular complexity index is 526. The third kappa shape index (κ3) is 2.84. The number of aromatic nitrogens is 1. The van der Waals surface area contributed by atoms with E-state index in [4.69, 9.17) is 5.73 Å². The van der Waals surface area contributed by atoms with Crippen molar-refractivity contribution in [2.75, 3.05) is 5.32 Å². The van der Waals surface area contributed by atoms with Crippen LogP contribution in [-0.2, 0) is 6.54 Å². The first-order chi connectivity index (χ1) is 8.20. The molecule has 2 aromatic rings. The third-order valence-corrected chi connectivity index (χ3v) is 3.07. The standard InChI is InChI=1S/C13H14BrN3/c1-9-6-11(14)13(16-8-9)17-12-5-3-2-4-10(12)7-15/h2-6,8H,7,15H2,1H3,(H,16,17). The van der Waals surface area contributed by atoms with Crippen LogP contribution in [0.2, 0.25) is 0 Å². The molecule has 3 N–H and O–H groups in total. The largest absolute Gasteiger partial charge is 0.339 e. The van der Waals surface area contributed by atoms with Crippen molar-refractivity contribution in [1.29, 1.82) is 0 Å². The highest BCUT2D eigenvalue weighted by Crippen LogP contribution is 2.25. The van der Waals surface area contributed by atoms with Crippen molar-refractivity contribution in [2.24, 2.45) is 5.73 Å².